The standard InChI is InChI=1S/C19H32N4O4S/c1-18(2,3)16-13(12-23(17(24)25)19(16,4)5)8-7-11-21-14-9-6-10-15(22-14)28(20,26)27/h6,9-10,13,16H,7-8,11-12H2,1-5H3,(H,21,22)(H,24,25)(H2,20,26,27)/t13-,16?/m1/s1. The number of nitrogens with two attached hydrogens (primary N) is 1. The molecule has 0 spiro atoms. The SMILES string of the molecule is CC(C)(C)C1[C@H](CCCNc2cccc(S(N)(=O)=O)n2)CN(C(=O)O)C1(C)C. The van der Waals surface area contributed by atoms with E-state index in [0.29, 0.717) is 18.9 Å². The molecule has 4 N–H and O–H groups in total. The van der Waals surface area contributed by atoms with Gasteiger partial charge in [-0.2, -0.15) is 0 Å². The maximum Gasteiger partial charge on any atom is 0.407 e. The average molecular weight is 413 g/mol. The second-order valence-electron chi connectivity index (χ2n) is 9.13. The van der Waals surface area contributed by atoms with E-state index in [1.54, 1.807) is 17.0 Å². The Morgan fingerprint density at radius 1 is 1.39 bits per heavy atom. The van der Waals surface area contributed by atoms with E-state index in [2.05, 4.69) is 31.1 Å². The predicted molar refractivity (Wildman–Crippen MR) is 109 cm³/mol. The minimum Gasteiger partial charge on any atom is -0.465 e. The van der Waals surface area contributed by atoms with Crippen molar-refractivity contribution in [1.29, 1.82) is 0 Å². The third-order valence-corrected chi connectivity index (χ3v) is 6.39. The Kier molecular flexibility index (Phi) is 6.30. The van der Waals surface area contributed by atoms with Crippen molar-refractivity contribution >= 4 is 21.9 Å². The molecule has 1 saturated heterocycles. The maximum absolute atomic E-state index is 11.7. The Morgan fingerprint density at radius 2 is 2.04 bits per heavy atom. The minimum atomic E-state index is -3.83. The van der Waals surface area contributed by atoms with Gasteiger partial charge in [0.25, 0.3) is 10.0 Å². The molecular weight excluding hydrogens is 380 g/mol. The first-order valence-electron chi connectivity index (χ1n) is 9.49. The number of pyridine rings is 1. The molecule has 0 saturated carbocycles. The molecule has 0 bridgehead atoms. The highest BCUT2D eigenvalue weighted by molar-refractivity contribution is 7.89. The fourth-order valence-electron chi connectivity index (χ4n) is 4.92. The van der Waals surface area contributed by atoms with E-state index < -0.39 is 21.7 Å². The van der Waals surface area contributed by atoms with Gasteiger partial charge in [0, 0.05) is 18.6 Å². The summed E-state index contributed by atoms with van der Waals surface area (Å²) in [6.07, 6.45) is 0.822. The zero-order chi connectivity index (χ0) is 21.3. The first-order chi connectivity index (χ1) is 12.7. The van der Waals surface area contributed by atoms with Crippen LogP contribution in [-0.2, 0) is 10.0 Å². The molecule has 1 fully saturated rings. The van der Waals surface area contributed by atoms with Crippen LogP contribution in [0.15, 0.2) is 23.2 Å². The molecule has 1 aliphatic rings. The number of rotatable bonds is 6. The third-order valence-electron chi connectivity index (χ3n) is 5.58. The summed E-state index contributed by atoms with van der Waals surface area (Å²) in [5.41, 5.74) is -0.440. The molecule has 1 aliphatic heterocycles. The van der Waals surface area contributed by atoms with Gasteiger partial charge in [0.2, 0.25) is 0 Å². The second-order valence-corrected chi connectivity index (χ2v) is 10.6. The van der Waals surface area contributed by atoms with Crippen LogP contribution >= 0.6 is 0 Å². The Hall–Kier alpha value is -1.87. The van der Waals surface area contributed by atoms with Crippen molar-refractivity contribution in [2.45, 2.75) is 58.0 Å². The fourth-order valence-corrected chi connectivity index (χ4v) is 5.42. The van der Waals surface area contributed by atoms with Crippen molar-refractivity contribution in [3.05, 3.63) is 18.2 Å². The van der Waals surface area contributed by atoms with Crippen molar-refractivity contribution in [2.24, 2.45) is 22.4 Å². The van der Waals surface area contributed by atoms with E-state index in [1.165, 1.54) is 6.07 Å². The average Bonchev–Trinajstić information content (AvgIpc) is 2.81. The van der Waals surface area contributed by atoms with E-state index >= 15 is 0 Å². The number of amides is 1. The summed E-state index contributed by atoms with van der Waals surface area (Å²) in [5.74, 6) is 0.953. The van der Waals surface area contributed by atoms with Crippen molar-refractivity contribution in [3.8, 4) is 0 Å². The van der Waals surface area contributed by atoms with Crippen LogP contribution in [0.25, 0.3) is 0 Å². The lowest BCUT2D eigenvalue weighted by atomic mass is 9.66. The first-order valence-corrected chi connectivity index (χ1v) is 11.0. The van der Waals surface area contributed by atoms with Gasteiger partial charge in [0.1, 0.15) is 5.82 Å². The van der Waals surface area contributed by atoms with Gasteiger partial charge >= 0.3 is 6.09 Å². The highest BCUT2D eigenvalue weighted by Crippen LogP contribution is 2.49. The zero-order valence-corrected chi connectivity index (χ0v) is 18.1. The molecule has 1 unspecified atom stereocenters. The van der Waals surface area contributed by atoms with Crippen LogP contribution in [0.3, 0.4) is 0 Å². The monoisotopic (exact) mass is 412 g/mol. The number of anilines is 1. The number of carboxylic acid groups (broad SMARTS) is 1. The van der Waals surface area contributed by atoms with E-state index in [1.807, 2.05) is 13.8 Å². The Labute approximate surface area is 167 Å². The fraction of sp³-hybridized carbons (Fsp3) is 0.684. The van der Waals surface area contributed by atoms with Gasteiger partial charge in [-0.05, 0) is 56.1 Å². The van der Waals surface area contributed by atoms with Crippen LogP contribution < -0.4 is 10.5 Å². The van der Waals surface area contributed by atoms with Gasteiger partial charge in [-0.25, -0.2) is 23.3 Å². The van der Waals surface area contributed by atoms with Crippen molar-refractivity contribution in [3.63, 3.8) is 0 Å². The summed E-state index contributed by atoms with van der Waals surface area (Å²) >= 11 is 0. The van der Waals surface area contributed by atoms with Gasteiger partial charge in [-0.3, -0.25) is 0 Å². The van der Waals surface area contributed by atoms with Gasteiger partial charge in [0.15, 0.2) is 5.03 Å². The highest BCUT2D eigenvalue weighted by Gasteiger charge is 2.53. The summed E-state index contributed by atoms with van der Waals surface area (Å²) in [7, 11) is -3.83. The number of primary sulfonamides is 1. The molecule has 1 amide bonds. The van der Waals surface area contributed by atoms with Crippen LogP contribution in [0.2, 0.25) is 0 Å². The van der Waals surface area contributed by atoms with Gasteiger partial charge in [-0.1, -0.05) is 26.8 Å². The van der Waals surface area contributed by atoms with E-state index in [9.17, 15) is 18.3 Å². The van der Waals surface area contributed by atoms with Gasteiger partial charge in [0.05, 0.1) is 0 Å². The van der Waals surface area contributed by atoms with Crippen LogP contribution in [0, 0.1) is 17.3 Å². The summed E-state index contributed by atoms with van der Waals surface area (Å²) in [4.78, 5) is 17.3. The number of nitrogens with one attached hydrogen (secondary N) is 1. The van der Waals surface area contributed by atoms with E-state index in [-0.39, 0.29) is 22.3 Å². The molecule has 2 atom stereocenters. The molecule has 9 heteroatoms. The number of aromatic nitrogens is 1. The van der Waals surface area contributed by atoms with Crippen LogP contribution in [-0.4, -0.2) is 48.1 Å². The van der Waals surface area contributed by atoms with Crippen LogP contribution in [0.5, 0.6) is 0 Å². The maximum atomic E-state index is 11.7. The minimum absolute atomic E-state index is 0.0167. The Bertz CT molecular complexity index is 817. The van der Waals surface area contributed by atoms with E-state index in [4.69, 9.17) is 5.14 Å². The molecule has 1 aromatic rings. The summed E-state index contributed by atoms with van der Waals surface area (Å²) in [6.45, 7) is 11.7. The lowest BCUT2D eigenvalue weighted by Gasteiger charge is -2.42. The Morgan fingerprint density at radius 3 is 2.57 bits per heavy atom. The predicted octanol–water partition coefficient (Wildman–Crippen LogP) is 2.97. The molecule has 0 aromatic carbocycles. The van der Waals surface area contributed by atoms with Crippen molar-refractivity contribution in [1.82, 2.24) is 9.88 Å². The summed E-state index contributed by atoms with van der Waals surface area (Å²) < 4.78 is 22.8. The summed E-state index contributed by atoms with van der Waals surface area (Å²) in [5, 5.41) is 17.7. The molecule has 158 valence electrons. The lowest BCUT2D eigenvalue weighted by molar-refractivity contribution is 0.0636. The van der Waals surface area contributed by atoms with Gasteiger partial charge < -0.3 is 15.3 Å². The number of sulfonamides is 1. The number of likely N-dealkylation sites (tertiary alicyclic amines) is 1. The quantitative estimate of drug-likeness (QED) is 0.617. The number of hydrogen-bond acceptors (Lipinski definition) is 5. The smallest absolute Gasteiger partial charge is 0.407 e. The largest absolute Gasteiger partial charge is 0.465 e. The van der Waals surface area contributed by atoms with E-state index in [0.717, 1.165) is 12.8 Å². The first kappa shape index (κ1) is 22.4. The van der Waals surface area contributed by atoms with Crippen molar-refractivity contribution < 1.29 is 18.3 Å². The van der Waals surface area contributed by atoms with Crippen LogP contribution in [0.1, 0.15) is 47.5 Å². The molecule has 1 aromatic heterocycles. The molecule has 2 rings (SSSR count). The second kappa shape index (κ2) is 7.87. The van der Waals surface area contributed by atoms with Gasteiger partial charge in [-0.15, -0.1) is 0 Å². The lowest BCUT2D eigenvalue weighted by Crippen LogP contribution is -2.48. The van der Waals surface area contributed by atoms with Crippen LogP contribution in [0.4, 0.5) is 10.6 Å². The normalized spacial score (nSPS) is 22.3. The molecule has 8 nitrogen and oxygen atoms in total. The molecule has 0 aliphatic carbocycles. The van der Waals surface area contributed by atoms with Crippen molar-refractivity contribution in [2.75, 3.05) is 18.4 Å². The molecule has 0 radical (unpaired) electrons. The molecular formula is C19H32N4O4S. The number of nitrogens with zero attached hydrogens (tertiary/aromatic N) is 2. The molecule has 28 heavy (non-hydrogen) atoms. The summed E-state index contributed by atoms with van der Waals surface area (Å²) in [6, 6.07) is 4.64. The topological polar surface area (TPSA) is 126 Å². The molecule has 2 heterocycles. The number of carbonyl (C=O) groups is 1. The zero-order valence-electron chi connectivity index (χ0n) is 17.3. The third kappa shape index (κ3) is 4.94. The highest BCUT2D eigenvalue weighted by atomic mass is 32.2. The Balaban J connectivity index is 2.01. The number of hydrogen-bond donors (Lipinski definition) is 3.